The van der Waals surface area contributed by atoms with Gasteiger partial charge in [0.1, 0.15) is 5.82 Å². The summed E-state index contributed by atoms with van der Waals surface area (Å²) in [4.78, 5) is 14.2. The fourth-order valence-electron chi connectivity index (χ4n) is 2.40. The summed E-state index contributed by atoms with van der Waals surface area (Å²) < 4.78 is 13.9. The summed E-state index contributed by atoms with van der Waals surface area (Å²) >= 11 is 6.01. The fourth-order valence-corrected chi connectivity index (χ4v) is 2.63. The molecule has 0 aliphatic heterocycles. The number of benzene rings is 2. The van der Waals surface area contributed by atoms with Crippen molar-refractivity contribution in [3.63, 3.8) is 0 Å². The van der Waals surface area contributed by atoms with Gasteiger partial charge in [-0.2, -0.15) is 5.26 Å². The average molecular weight is 345 g/mol. The number of hydrogen-bond donors (Lipinski definition) is 0. The number of nitrogens with zero attached hydrogens (tertiary/aromatic N) is 2. The smallest absolute Gasteiger partial charge is 0.231 e. The van der Waals surface area contributed by atoms with E-state index < -0.39 is 5.82 Å². The maximum atomic E-state index is 13.9. The second kappa shape index (κ2) is 7.94. The summed E-state index contributed by atoms with van der Waals surface area (Å²) in [6, 6.07) is 12.0. The number of amides is 1. The second-order valence-corrected chi connectivity index (χ2v) is 6.01. The predicted octanol–water partition coefficient (Wildman–Crippen LogP) is 4.59. The molecule has 0 aliphatic rings. The van der Waals surface area contributed by atoms with Crippen molar-refractivity contribution >= 4 is 23.2 Å². The van der Waals surface area contributed by atoms with Gasteiger partial charge in [0.05, 0.1) is 18.9 Å². The number of anilines is 1. The minimum atomic E-state index is -0.504. The quantitative estimate of drug-likeness (QED) is 0.796. The molecule has 0 saturated carbocycles. The molecule has 0 atom stereocenters. The zero-order valence-electron chi connectivity index (χ0n) is 13.6. The lowest BCUT2D eigenvalue weighted by molar-refractivity contribution is -0.118. The van der Waals surface area contributed by atoms with Crippen LogP contribution >= 0.6 is 11.6 Å². The molecule has 2 aromatic rings. The molecule has 0 saturated heterocycles. The Morgan fingerprint density at radius 1 is 1.25 bits per heavy atom. The lowest BCUT2D eigenvalue weighted by Gasteiger charge is -2.23. The van der Waals surface area contributed by atoms with Gasteiger partial charge >= 0.3 is 0 Å². The van der Waals surface area contributed by atoms with Crippen LogP contribution in [-0.4, -0.2) is 12.5 Å². The van der Waals surface area contributed by atoms with Gasteiger partial charge in [0.2, 0.25) is 5.91 Å². The van der Waals surface area contributed by atoms with Crippen LogP contribution in [0.25, 0.3) is 0 Å². The first kappa shape index (κ1) is 18.0. The monoisotopic (exact) mass is 344 g/mol. The van der Waals surface area contributed by atoms with Crippen LogP contribution in [0.1, 0.15) is 23.1 Å². The van der Waals surface area contributed by atoms with Crippen LogP contribution < -0.4 is 4.90 Å². The third-order valence-corrected chi connectivity index (χ3v) is 4.29. The van der Waals surface area contributed by atoms with E-state index in [2.05, 4.69) is 0 Å². The summed E-state index contributed by atoms with van der Waals surface area (Å²) in [5.74, 6) is -0.795. The molecule has 0 bridgehead atoms. The Labute approximate surface area is 146 Å². The van der Waals surface area contributed by atoms with Crippen molar-refractivity contribution in [1.29, 1.82) is 5.26 Å². The largest absolute Gasteiger partial charge is 0.311 e. The van der Waals surface area contributed by atoms with E-state index in [0.717, 1.165) is 11.1 Å². The first-order chi connectivity index (χ1) is 11.4. The van der Waals surface area contributed by atoms with Crippen LogP contribution in [0.3, 0.4) is 0 Å². The number of rotatable bonds is 5. The third-order valence-electron chi connectivity index (χ3n) is 3.94. The van der Waals surface area contributed by atoms with Crippen LogP contribution in [0.2, 0.25) is 5.02 Å². The third kappa shape index (κ3) is 4.12. The Balaban J connectivity index is 2.31. The average Bonchev–Trinajstić information content (AvgIpc) is 2.54. The molecule has 5 heteroatoms. The predicted molar refractivity (Wildman–Crippen MR) is 93.6 cm³/mol. The molecule has 1 amide bonds. The Kier molecular flexibility index (Phi) is 5.94. The van der Waals surface area contributed by atoms with Crippen molar-refractivity contribution in [2.45, 2.75) is 26.7 Å². The molecule has 2 rings (SSSR count). The van der Waals surface area contributed by atoms with Gasteiger partial charge in [-0.3, -0.25) is 4.79 Å². The van der Waals surface area contributed by atoms with Crippen molar-refractivity contribution < 1.29 is 9.18 Å². The molecule has 24 heavy (non-hydrogen) atoms. The molecule has 0 radical (unpaired) electrons. The highest BCUT2D eigenvalue weighted by Gasteiger charge is 2.19. The number of carbonyl (C=O) groups excluding carboxylic acids is 1. The summed E-state index contributed by atoms with van der Waals surface area (Å²) in [6.07, 6.45) is 0.0491. The molecule has 0 aliphatic carbocycles. The Hall–Kier alpha value is -2.38. The van der Waals surface area contributed by atoms with E-state index in [1.165, 1.54) is 17.0 Å². The molecule has 0 unspecified atom stereocenters. The molecule has 0 heterocycles. The summed E-state index contributed by atoms with van der Waals surface area (Å²) in [5.41, 5.74) is 3.04. The molecular formula is C19H18ClFN2O. The Bertz CT molecular complexity index is 778. The van der Waals surface area contributed by atoms with Gasteiger partial charge in [0, 0.05) is 22.8 Å². The van der Waals surface area contributed by atoms with Crippen LogP contribution in [0, 0.1) is 31.0 Å². The SMILES string of the molecule is Cc1ccc(N(CCC#N)C(=O)Cc2c(F)cccc2Cl)cc1C. The molecule has 3 nitrogen and oxygen atoms in total. The van der Waals surface area contributed by atoms with E-state index in [9.17, 15) is 9.18 Å². The number of aryl methyl sites for hydroxylation is 2. The molecule has 2 aromatic carbocycles. The first-order valence-electron chi connectivity index (χ1n) is 7.61. The summed E-state index contributed by atoms with van der Waals surface area (Å²) in [7, 11) is 0. The zero-order valence-corrected chi connectivity index (χ0v) is 14.4. The molecular weight excluding hydrogens is 327 g/mol. The molecule has 0 spiro atoms. The van der Waals surface area contributed by atoms with Gasteiger partial charge in [-0.1, -0.05) is 23.7 Å². The molecule has 124 valence electrons. The van der Waals surface area contributed by atoms with E-state index in [-0.39, 0.29) is 35.9 Å². The fraction of sp³-hybridized carbons (Fsp3) is 0.263. The molecule has 0 fully saturated rings. The Morgan fingerprint density at radius 2 is 2.00 bits per heavy atom. The van der Waals surface area contributed by atoms with Crippen LogP contribution in [-0.2, 0) is 11.2 Å². The van der Waals surface area contributed by atoms with Gasteiger partial charge < -0.3 is 4.90 Å². The van der Waals surface area contributed by atoms with E-state index in [1.807, 2.05) is 38.1 Å². The van der Waals surface area contributed by atoms with Gasteiger partial charge in [-0.05, 0) is 49.2 Å². The first-order valence-corrected chi connectivity index (χ1v) is 7.99. The Morgan fingerprint density at radius 3 is 2.62 bits per heavy atom. The lowest BCUT2D eigenvalue weighted by atomic mass is 10.1. The zero-order chi connectivity index (χ0) is 17.7. The van der Waals surface area contributed by atoms with Gasteiger partial charge in [0.15, 0.2) is 0 Å². The van der Waals surface area contributed by atoms with Crippen molar-refractivity contribution in [2.75, 3.05) is 11.4 Å². The summed E-state index contributed by atoms with van der Waals surface area (Å²) in [5, 5.41) is 9.08. The maximum absolute atomic E-state index is 13.9. The van der Waals surface area contributed by atoms with Crippen molar-refractivity contribution in [3.8, 4) is 6.07 Å². The van der Waals surface area contributed by atoms with Crippen molar-refractivity contribution in [3.05, 3.63) is 63.9 Å². The minimum Gasteiger partial charge on any atom is -0.311 e. The standard InChI is InChI=1S/C19H18ClFN2O/c1-13-7-8-15(11-14(13)2)23(10-4-9-22)19(24)12-16-17(20)5-3-6-18(16)21/h3,5-8,11H,4,10,12H2,1-2H3. The van der Waals surface area contributed by atoms with E-state index >= 15 is 0 Å². The molecule has 0 aromatic heterocycles. The van der Waals surface area contributed by atoms with E-state index in [0.29, 0.717) is 5.69 Å². The van der Waals surface area contributed by atoms with Gasteiger partial charge in [0.25, 0.3) is 0 Å². The van der Waals surface area contributed by atoms with Gasteiger partial charge in [-0.25, -0.2) is 4.39 Å². The highest BCUT2D eigenvalue weighted by atomic mass is 35.5. The van der Waals surface area contributed by atoms with Gasteiger partial charge in [-0.15, -0.1) is 0 Å². The number of nitriles is 1. The topological polar surface area (TPSA) is 44.1 Å². The van der Waals surface area contributed by atoms with Crippen LogP contribution in [0.15, 0.2) is 36.4 Å². The number of halogens is 2. The van der Waals surface area contributed by atoms with E-state index in [4.69, 9.17) is 16.9 Å². The van der Waals surface area contributed by atoms with Crippen LogP contribution in [0.4, 0.5) is 10.1 Å². The summed E-state index contributed by atoms with van der Waals surface area (Å²) in [6.45, 7) is 4.20. The minimum absolute atomic E-state index is 0.149. The highest BCUT2D eigenvalue weighted by Crippen LogP contribution is 2.23. The number of carbonyl (C=O) groups is 1. The van der Waals surface area contributed by atoms with E-state index in [1.54, 1.807) is 6.07 Å². The lowest BCUT2D eigenvalue weighted by Crippen LogP contribution is -2.33. The second-order valence-electron chi connectivity index (χ2n) is 5.60. The highest BCUT2D eigenvalue weighted by molar-refractivity contribution is 6.31. The normalized spacial score (nSPS) is 10.3. The van der Waals surface area contributed by atoms with Crippen LogP contribution in [0.5, 0.6) is 0 Å². The number of hydrogen-bond acceptors (Lipinski definition) is 2. The maximum Gasteiger partial charge on any atom is 0.231 e. The van der Waals surface area contributed by atoms with Crippen molar-refractivity contribution in [2.24, 2.45) is 0 Å². The molecule has 0 N–H and O–H groups in total. The van der Waals surface area contributed by atoms with Crippen molar-refractivity contribution in [1.82, 2.24) is 0 Å².